The first-order chi connectivity index (χ1) is 10.2. The van der Waals surface area contributed by atoms with Gasteiger partial charge in [-0.15, -0.1) is 0 Å². The van der Waals surface area contributed by atoms with E-state index in [1.165, 1.54) is 5.69 Å². The number of amides is 1. The van der Waals surface area contributed by atoms with Crippen molar-refractivity contribution in [1.82, 2.24) is 19.6 Å². The summed E-state index contributed by atoms with van der Waals surface area (Å²) in [7, 11) is 0. The largest absolute Gasteiger partial charge is 0.378 e. The van der Waals surface area contributed by atoms with Crippen molar-refractivity contribution in [3.05, 3.63) is 17.0 Å². The summed E-state index contributed by atoms with van der Waals surface area (Å²) < 4.78 is 7.36. The van der Waals surface area contributed by atoms with E-state index in [1.807, 2.05) is 16.5 Å². The average Bonchev–Trinajstić information content (AvgIpc) is 2.72. The van der Waals surface area contributed by atoms with E-state index in [-0.39, 0.29) is 5.91 Å². The molecular weight excluding hydrogens is 268 g/mol. The molecule has 0 aromatic carbocycles. The molecule has 0 spiro atoms. The third-order valence-electron chi connectivity index (χ3n) is 4.49. The Labute approximate surface area is 125 Å². The Hall–Kier alpha value is -1.40. The van der Waals surface area contributed by atoms with Gasteiger partial charge in [-0.05, 0) is 19.9 Å². The van der Waals surface area contributed by atoms with Crippen molar-refractivity contribution in [3.8, 4) is 0 Å². The van der Waals surface area contributed by atoms with Crippen LogP contribution in [0.5, 0.6) is 0 Å². The molecule has 2 aliphatic heterocycles. The number of nitrogens with zero attached hydrogens (tertiary/aromatic N) is 4. The molecule has 1 fully saturated rings. The maximum atomic E-state index is 12.7. The van der Waals surface area contributed by atoms with Crippen LogP contribution in [-0.4, -0.2) is 64.9 Å². The molecular formula is C15H24N4O2. The Bertz CT molecular complexity index is 520. The minimum absolute atomic E-state index is 0.0550. The van der Waals surface area contributed by atoms with Gasteiger partial charge in [0.15, 0.2) is 5.69 Å². The molecule has 0 atom stereocenters. The zero-order valence-electron chi connectivity index (χ0n) is 13.0. The number of carbonyl (C=O) groups excluding carboxylic acids is 1. The Balaban J connectivity index is 1.85. The highest BCUT2D eigenvalue weighted by Gasteiger charge is 2.27. The highest BCUT2D eigenvalue weighted by Crippen LogP contribution is 2.20. The molecule has 0 N–H and O–H groups in total. The summed E-state index contributed by atoms with van der Waals surface area (Å²) in [4.78, 5) is 16.9. The van der Waals surface area contributed by atoms with Crippen molar-refractivity contribution in [2.45, 2.75) is 33.4 Å². The predicted octanol–water partition coefficient (Wildman–Crippen LogP) is 0.890. The summed E-state index contributed by atoms with van der Waals surface area (Å²) in [5, 5.41) is 4.61. The fourth-order valence-electron chi connectivity index (χ4n) is 3.10. The van der Waals surface area contributed by atoms with Crippen LogP contribution in [0.2, 0.25) is 0 Å². The first-order valence-corrected chi connectivity index (χ1v) is 7.86. The van der Waals surface area contributed by atoms with Crippen molar-refractivity contribution in [2.75, 3.05) is 39.4 Å². The number of fused-ring (bicyclic) bond motifs is 1. The lowest BCUT2D eigenvalue weighted by Crippen LogP contribution is -2.41. The Morgan fingerprint density at radius 2 is 2.00 bits per heavy atom. The van der Waals surface area contributed by atoms with E-state index < -0.39 is 0 Å². The number of carbonyl (C=O) groups is 1. The van der Waals surface area contributed by atoms with Crippen molar-refractivity contribution < 1.29 is 9.53 Å². The summed E-state index contributed by atoms with van der Waals surface area (Å²) in [5.74, 6) is 0.0550. The van der Waals surface area contributed by atoms with E-state index in [9.17, 15) is 4.79 Å². The first-order valence-electron chi connectivity index (χ1n) is 7.86. The Morgan fingerprint density at radius 1 is 1.24 bits per heavy atom. The van der Waals surface area contributed by atoms with Crippen molar-refractivity contribution >= 4 is 5.91 Å². The van der Waals surface area contributed by atoms with Crippen LogP contribution in [0.1, 0.15) is 35.1 Å². The lowest BCUT2D eigenvalue weighted by Gasteiger charge is -2.26. The van der Waals surface area contributed by atoms with E-state index in [0.29, 0.717) is 32.0 Å². The third-order valence-corrected chi connectivity index (χ3v) is 4.49. The minimum Gasteiger partial charge on any atom is -0.378 e. The lowest BCUT2D eigenvalue weighted by atomic mass is 10.1. The second-order valence-electron chi connectivity index (χ2n) is 5.77. The summed E-state index contributed by atoms with van der Waals surface area (Å²) in [6.07, 6.45) is 1.09. The van der Waals surface area contributed by atoms with E-state index in [0.717, 1.165) is 38.2 Å². The molecule has 1 saturated heterocycles. The number of aryl methyl sites for hydroxylation is 1. The maximum Gasteiger partial charge on any atom is 0.274 e. The summed E-state index contributed by atoms with van der Waals surface area (Å²) in [6.45, 7) is 10.7. The van der Waals surface area contributed by atoms with Crippen LogP contribution in [0.3, 0.4) is 0 Å². The molecule has 0 saturated carbocycles. The third kappa shape index (κ3) is 2.82. The number of rotatable bonds is 2. The summed E-state index contributed by atoms with van der Waals surface area (Å²) >= 11 is 0. The van der Waals surface area contributed by atoms with Crippen LogP contribution < -0.4 is 0 Å². The fraction of sp³-hybridized carbons (Fsp3) is 0.733. The molecule has 0 bridgehead atoms. The van der Waals surface area contributed by atoms with Crippen LogP contribution in [-0.2, 0) is 17.8 Å². The topological polar surface area (TPSA) is 50.6 Å². The predicted molar refractivity (Wildman–Crippen MR) is 79.3 cm³/mol. The van der Waals surface area contributed by atoms with Gasteiger partial charge in [0, 0.05) is 38.3 Å². The van der Waals surface area contributed by atoms with Crippen LogP contribution in [0, 0.1) is 6.92 Å². The normalized spacial score (nSPS) is 20.2. The van der Waals surface area contributed by atoms with Gasteiger partial charge < -0.3 is 9.64 Å². The molecule has 1 aromatic rings. The van der Waals surface area contributed by atoms with Gasteiger partial charge in [-0.3, -0.25) is 14.4 Å². The summed E-state index contributed by atoms with van der Waals surface area (Å²) in [6, 6.07) is 0. The fourth-order valence-corrected chi connectivity index (χ4v) is 3.10. The quantitative estimate of drug-likeness (QED) is 0.812. The van der Waals surface area contributed by atoms with E-state index in [1.54, 1.807) is 0 Å². The maximum absolute atomic E-state index is 12.7. The smallest absolute Gasteiger partial charge is 0.274 e. The standard InChI is InChI=1S/C15H24N4O2/c1-3-17-5-4-6-19-13(11-17)12(2)14(16-19)15(20)18-7-9-21-10-8-18/h3-11H2,1-2H3. The molecule has 0 unspecified atom stereocenters. The molecule has 6 nitrogen and oxygen atoms in total. The van der Waals surface area contributed by atoms with Crippen LogP contribution >= 0.6 is 0 Å². The molecule has 1 amide bonds. The van der Waals surface area contributed by atoms with Gasteiger partial charge in [0.25, 0.3) is 5.91 Å². The zero-order valence-corrected chi connectivity index (χ0v) is 13.0. The van der Waals surface area contributed by atoms with Gasteiger partial charge in [0.2, 0.25) is 0 Å². The van der Waals surface area contributed by atoms with Gasteiger partial charge in [0.05, 0.1) is 18.9 Å². The zero-order chi connectivity index (χ0) is 14.8. The van der Waals surface area contributed by atoms with Crippen LogP contribution in [0.15, 0.2) is 0 Å². The van der Waals surface area contributed by atoms with Crippen molar-refractivity contribution in [2.24, 2.45) is 0 Å². The molecule has 6 heteroatoms. The molecule has 3 heterocycles. The second-order valence-corrected chi connectivity index (χ2v) is 5.77. The molecule has 2 aliphatic rings. The number of aromatic nitrogens is 2. The van der Waals surface area contributed by atoms with E-state index in [4.69, 9.17) is 4.74 Å². The summed E-state index contributed by atoms with van der Waals surface area (Å²) in [5.41, 5.74) is 2.88. The lowest BCUT2D eigenvalue weighted by molar-refractivity contribution is 0.0298. The SMILES string of the molecule is CCN1CCCn2nc(C(=O)N3CCOCC3)c(C)c2C1. The highest BCUT2D eigenvalue weighted by molar-refractivity contribution is 5.94. The number of hydrogen-bond donors (Lipinski definition) is 0. The number of morpholine rings is 1. The average molecular weight is 292 g/mol. The van der Waals surface area contributed by atoms with Crippen molar-refractivity contribution in [1.29, 1.82) is 0 Å². The molecule has 3 rings (SSSR count). The second kappa shape index (κ2) is 6.15. The first kappa shape index (κ1) is 14.5. The monoisotopic (exact) mass is 292 g/mol. The van der Waals surface area contributed by atoms with Crippen molar-refractivity contribution in [3.63, 3.8) is 0 Å². The van der Waals surface area contributed by atoms with Gasteiger partial charge >= 0.3 is 0 Å². The highest BCUT2D eigenvalue weighted by atomic mass is 16.5. The van der Waals surface area contributed by atoms with Gasteiger partial charge in [-0.25, -0.2) is 0 Å². The molecule has 0 aliphatic carbocycles. The van der Waals surface area contributed by atoms with Gasteiger partial charge in [-0.2, -0.15) is 5.10 Å². The van der Waals surface area contributed by atoms with Gasteiger partial charge in [-0.1, -0.05) is 6.92 Å². The number of hydrogen-bond acceptors (Lipinski definition) is 4. The molecule has 1 aromatic heterocycles. The molecule has 116 valence electrons. The number of ether oxygens (including phenoxy) is 1. The van der Waals surface area contributed by atoms with Gasteiger partial charge in [0.1, 0.15) is 0 Å². The Kier molecular flexibility index (Phi) is 4.26. The Morgan fingerprint density at radius 3 is 2.71 bits per heavy atom. The van der Waals surface area contributed by atoms with E-state index in [2.05, 4.69) is 16.9 Å². The molecule has 21 heavy (non-hydrogen) atoms. The molecule has 0 radical (unpaired) electrons. The van der Waals surface area contributed by atoms with Crippen LogP contribution in [0.4, 0.5) is 0 Å². The minimum atomic E-state index is 0.0550. The van der Waals surface area contributed by atoms with E-state index >= 15 is 0 Å². The van der Waals surface area contributed by atoms with Crippen LogP contribution in [0.25, 0.3) is 0 Å².